The maximum Gasteiger partial charge on any atom is 0.305 e. The van der Waals surface area contributed by atoms with Crippen LogP contribution in [0.2, 0.25) is 0 Å². The largest absolute Gasteiger partial charge is 0.469 e. The molecule has 0 atom stereocenters. The van der Waals surface area contributed by atoms with Gasteiger partial charge in [0.15, 0.2) is 5.96 Å². The molecule has 6 heteroatoms. The van der Waals surface area contributed by atoms with Gasteiger partial charge >= 0.3 is 5.97 Å². The van der Waals surface area contributed by atoms with Gasteiger partial charge in [0.25, 0.3) is 0 Å². The number of rotatable bonds is 9. The Morgan fingerprint density at radius 2 is 1.78 bits per heavy atom. The van der Waals surface area contributed by atoms with Crippen LogP contribution < -0.4 is 10.6 Å². The van der Waals surface area contributed by atoms with Gasteiger partial charge in [-0.2, -0.15) is 0 Å². The number of nitrogens with zero attached hydrogens (tertiary/aromatic N) is 1. The highest BCUT2D eigenvalue weighted by Gasteiger charge is 2.00. The lowest BCUT2D eigenvalue weighted by Gasteiger charge is -2.11. The lowest BCUT2D eigenvalue weighted by molar-refractivity contribution is -0.140. The molecule has 0 fully saturated rings. The summed E-state index contributed by atoms with van der Waals surface area (Å²) >= 11 is 0. The van der Waals surface area contributed by atoms with E-state index in [-0.39, 0.29) is 29.9 Å². The topological polar surface area (TPSA) is 62.7 Å². The molecule has 0 heterocycles. The van der Waals surface area contributed by atoms with Gasteiger partial charge in [-0.15, -0.1) is 24.0 Å². The number of unbranched alkanes of at least 4 members (excludes halogenated alkanes) is 3. The van der Waals surface area contributed by atoms with Crippen LogP contribution in [-0.2, 0) is 16.1 Å². The Balaban J connectivity index is 0.00000484. The summed E-state index contributed by atoms with van der Waals surface area (Å²) in [4.78, 5) is 15.2. The fraction of sp³-hybridized carbons (Fsp3) is 0.529. The van der Waals surface area contributed by atoms with Crippen LogP contribution in [0.25, 0.3) is 0 Å². The minimum atomic E-state index is -0.122. The van der Waals surface area contributed by atoms with E-state index in [1.54, 1.807) is 7.05 Å². The first-order valence-corrected chi connectivity index (χ1v) is 7.81. The number of ether oxygens (including phenoxy) is 1. The molecule has 1 aromatic rings. The van der Waals surface area contributed by atoms with Crippen LogP contribution in [0.5, 0.6) is 0 Å². The lowest BCUT2D eigenvalue weighted by atomic mass is 10.1. The van der Waals surface area contributed by atoms with Crippen molar-refractivity contribution in [2.24, 2.45) is 4.99 Å². The number of aliphatic imine (C=N–C) groups is 1. The highest BCUT2D eigenvalue weighted by Crippen LogP contribution is 2.03. The van der Waals surface area contributed by atoms with Crippen molar-refractivity contribution in [2.45, 2.75) is 38.6 Å². The minimum Gasteiger partial charge on any atom is -0.469 e. The highest BCUT2D eigenvalue weighted by atomic mass is 127. The number of methoxy groups -OCH3 is 1. The zero-order chi connectivity index (χ0) is 16.0. The average molecular weight is 433 g/mol. The van der Waals surface area contributed by atoms with E-state index in [1.165, 1.54) is 12.7 Å². The van der Waals surface area contributed by atoms with Crippen LogP contribution in [0, 0.1) is 0 Å². The first-order valence-electron chi connectivity index (χ1n) is 7.81. The molecule has 0 radical (unpaired) electrons. The number of guanidine groups is 1. The van der Waals surface area contributed by atoms with Gasteiger partial charge in [0, 0.05) is 26.6 Å². The van der Waals surface area contributed by atoms with E-state index in [0.717, 1.165) is 44.7 Å². The third kappa shape index (κ3) is 11.0. The Morgan fingerprint density at radius 1 is 1.09 bits per heavy atom. The van der Waals surface area contributed by atoms with Gasteiger partial charge in [-0.05, 0) is 18.4 Å². The Hall–Kier alpha value is -1.31. The van der Waals surface area contributed by atoms with Gasteiger partial charge in [-0.25, -0.2) is 0 Å². The molecule has 2 N–H and O–H groups in total. The van der Waals surface area contributed by atoms with Crippen LogP contribution in [0.3, 0.4) is 0 Å². The Labute approximate surface area is 156 Å². The van der Waals surface area contributed by atoms with Crippen LogP contribution >= 0.6 is 24.0 Å². The van der Waals surface area contributed by atoms with Crippen molar-refractivity contribution in [3.8, 4) is 0 Å². The number of hydrogen-bond donors (Lipinski definition) is 2. The molecule has 0 aliphatic heterocycles. The van der Waals surface area contributed by atoms with Gasteiger partial charge in [-0.1, -0.05) is 43.2 Å². The zero-order valence-electron chi connectivity index (χ0n) is 14.0. The van der Waals surface area contributed by atoms with Crippen LogP contribution in [0.1, 0.15) is 37.7 Å². The highest BCUT2D eigenvalue weighted by molar-refractivity contribution is 14.0. The van der Waals surface area contributed by atoms with Crippen LogP contribution in [0.4, 0.5) is 0 Å². The van der Waals surface area contributed by atoms with E-state index < -0.39 is 0 Å². The van der Waals surface area contributed by atoms with E-state index in [4.69, 9.17) is 0 Å². The van der Waals surface area contributed by atoms with Crippen molar-refractivity contribution < 1.29 is 9.53 Å². The molecule has 0 amide bonds. The van der Waals surface area contributed by atoms with E-state index in [0.29, 0.717) is 6.42 Å². The molecule has 1 aromatic carbocycles. The summed E-state index contributed by atoms with van der Waals surface area (Å²) in [6, 6.07) is 10.2. The maximum atomic E-state index is 11.0. The monoisotopic (exact) mass is 433 g/mol. The SMILES string of the molecule is CN=C(NCCCCCCC(=O)OC)NCc1ccccc1.I. The maximum absolute atomic E-state index is 11.0. The van der Waals surface area contributed by atoms with Crippen LogP contribution in [0.15, 0.2) is 35.3 Å². The summed E-state index contributed by atoms with van der Waals surface area (Å²) in [5.41, 5.74) is 1.23. The smallest absolute Gasteiger partial charge is 0.305 e. The summed E-state index contributed by atoms with van der Waals surface area (Å²) in [7, 11) is 3.21. The number of esters is 1. The first kappa shape index (κ1) is 21.7. The predicted octanol–water partition coefficient (Wildman–Crippen LogP) is 3.09. The Morgan fingerprint density at radius 3 is 2.43 bits per heavy atom. The summed E-state index contributed by atoms with van der Waals surface area (Å²) < 4.78 is 4.61. The quantitative estimate of drug-likeness (QED) is 0.207. The molecule has 0 bridgehead atoms. The van der Waals surface area contributed by atoms with Crippen LogP contribution in [-0.4, -0.2) is 32.6 Å². The molecule has 0 saturated heterocycles. The molecular weight excluding hydrogens is 405 g/mol. The molecule has 1 rings (SSSR count). The van der Waals surface area contributed by atoms with Gasteiger partial charge in [0.1, 0.15) is 0 Å². The van der Waals surface area contributed by atoms with E-state index >= 15 is 0 Å². The molecule has 130 valence electrons. The second-order valence-electron chi connectivity index (χ2n) is 5.08. The van der Waals surface area contributed by atoms with Crippen molar-refractivity contribution >= 4 is 35.9 Å². The lowest BCUT2D eigenvalue weighted by Crippen LogP contribution is -2.37. The fourth-order valence-electron chi connectivity index (χ4n) is 2.06. The minimum absolute atomic E-state index is 0. The first-order chi connectivity index (χ1) is 10.8. The summed E-state index contributed by atoms with van der Waals surface area (Å²) in [6.07, 6.45) is 4.62. The third-order valence-corrected chi connectivity index (χ3v) is 3.35. The van der Waals surface area contributed by atoms with Gasteiger partial charge < -0.3 is 15.4 Å². The number of halogens is 1. The molecule has 0 saturated carbocycles. The fourth-order valence-corrected chi connectivity index (χ4v) is 2.06. The van der Waals surface area contributed by atoms with Crippen molar-refractivity contribution in [1.29, 1.82) is 0 Å². The van der Waals surface area contributed by atoms with E-state index in [2.05, 4.69) is 32.5 Å². The predicted molar refractivity (Wildman–Crippen MR) is 105 cm³/mol. The molecule has 0 aromatic heterocycles. The Kier molecular flexibility index (Phi) is 13.5. The van der Waals surface area contributed by atoms with Gasteiger partial charge in [0.2, 0.25) is 0 Å². The van der Waals surface area contributed by atoms with E-state index in [9.17, 15) is 4.79 Å². The van der Waals surface area contributed by atoms with Crippen molar-refractivity contribution in [1.82, 2.24) is 10.6 Å². The number of nitrogens with one attached hydrogen (secondary N) is 2. The summed E-state index contributed by atoms with van der Waals surface area (Å²) in [5.74, 6) is 0.696. The van der Waals surface area contributed by atoms with Gasteiger partial charge in [-0.3, -0.25) is 9.79 Å². The third-order valence-electron chi connectivity index (χ3n) is 3.35. The summed E-state index contributed by atoms with van der Waals surface area (Å²) in [5, 5.41) is 6.59. The van der Waals surface area contributed by atoms with Crippen molar-refractivity contribution in [3.05, 3.63) is 35.9 Å². The normalized spacial score (nSPS) is 10.6. The number of benzene rings is 1. The Bertz CT molecular complexity index is 452. The second kappa shape index (κ2) is 14.3. The number of carbonyl (C=O) groups is 1. The molecule has 0 aliphatic rings. The van der Waals surface area contributed by atoms with E-state index in [1.807, 2.05) is 18.2 Å². The zero-order valence-corrected chi connectivity index (χ0v) is 16.3. The number of hydrogen-bond acceptors (Lipinski definition) is 3. The van der Waals surface area contributed by atoms with Crippen molar-refractivity contribution in [3.63, 3.8) is 0 Å². The average Bonchev–Trinajstić information content (AvgIpc) is 2.57. The molecule has 0 aliphatic carbocycles. The molecule has 23 heavy (non-hydrogen) atoms. The molecule has 0 unspecified atom stereocenters. The second-order valence-corrected chi connectivity index (χ2v) is 5.08. The summed E-state index contributed by atoms with van der Waals surface area (Å²) in [6.45, 7) is 1.65. The molecule has 0 spiro atoms. The molecular formula is C17H28IN3O2. The standard InChI is InChI=1S/C17H27N3O2.HI/c1-18-17(20-14-15-10-6-5-7-11-15)19-13-9-4-3-8-12-16(21)22-2;/h5-7,10-11H,3-4,8-9,12-14H2,1-2H3,(H2,18,19,20);1H. The number of carbonyl (C=O) groups excluding carboxylic acids is 1. The molecule has 5 nitrogen and oxygen atoms in total. The van der Waals surface area contributed by atoms with Crippen molar-refractivity contribution in [2.75, 3.05) is 20.7 Å². The van der Waals surface area contributed by atoms with Gasteiger partial charge in [0.05, 0.1) is 7.11 Å².